The summed E-state index contributed by atoms with van der Waals surface area (Å²) in [6.07, 6.45) is 4.73. The largest absolute Gasteiger partial charge is 0.488 e. The number of aliphatic hydroxyl groups excluding tert-OH is 1. The van der Waals surface area contributed by atoms with E-state index in [1.807, 2.05) is 68.4 Å². The Morgan fingerprint density at radius 3 is 2.57 bits per heavy atom. The van der Waals surface area contributed by atoms with E-state index in [4.69, 9.17) is 4.74 Å². The van der Waals surface area contributed by atoms with Crippen LogP contribution in [-0.4, -0.2) is 71.6 Å². The molecule has 9 heteroatoms. The number of hydrogen-bond donors (Lipinski definition) is 3. The molecule has 1 aliphatic carbocycles. The predicted molar refractivity (Wildman–Crippen MR) is 173 cm³/mol. The smallest absolute Gasteiger partial charge is 0.321 e. The van der Waals surface area contributed by atoms with Crippen LogP contribution in [-0.2, 0) is 16.0 Å². The molecule has 1 aliphatic heterocycles. The molecule has 0 radical (unpaired) electrons. The van der Waals surface area contributed by atoms with Crippen LogP contribution >= 0.6 is 0 Å². The van der Waals surface area contributed by atoms with Gasteiger partial charge in [-0.3, -0.25) is 9.59 Å². The number of aliphatic hydroxyl groups is 1. The topological polar surface area (TPSA) is 111 Å². The first kappa shape index (κ1) is 31.3. The lowest BCUT2D eigenvalue weighted by Crippen LogP contribution is -2.48. The van der Waals surface area contributed by atoms with Crippen LogP contribution < -0.4 is 15.4 Å². The van der Waals surface area contributed by atoms with Gasteiger partial charge in [0.15, 0.2) is 0 Å². The molecule has 0 bridgehead atoms. The highest BCUT2D eigenvalue weighted by molar-refractivity contribution is 6.01. The van der Waals surface area contributed by atoms with Gasteiger partial charge in [0.25, 0.3) is 0 Å². The molecule has 1 heterocycles. The van der Waals surface area contributed by atoms with Crippen LogP contribution in [0.15, 0.2) is 60.7 Å². The van der Waals surface area contributed by atoms with Crippen molar-refractivity contribution in [2.75, 3.05) is 37.4 Å². The van der Waals surface area contributed by atoms with Crippen LogP contribution in [0.5, 0.6) is 5.75 Å². The summed E-state index contributed by atoms with van der Waals surface area (Å²) in [5.41, 5.74) is 2.02. The molecule has 44 heavy (non-hydrogen) atoms. The number of benzene rings is 3. The quantitative estimate of drug-likeness (QED) is 0.324. The summed E-state index contributed by atoms with van der Waals surface area (Å²) in [6.45, 7) is 4.29. The van der Waals surface area contributed by atoms with E-state index >= 15 is 0 Å². The van der Waals surface area contributed by atoms with Crippen molar-refractivity contribution in [3.8, 4) is 5.75 Å². The van der Waals surface area contributed by atoms with E-state index in [1.165, 1.54) is 6.42 Å². The highest BCUT2D eigenvalue weighted by atomic mass is 16.5. The number of carbonyl (C=O) groups excluding carboxylic acids is 3. The zero-order valence-electron chi connectivity index (χ0n) is 25.9. The number of fused-ring (bicyclic) bond motifs is 2. The van der Waals surface area contributed by atoms with Gasteiger partial charge in [-0.25, -0.2) is 4.79 Å². The van der Waals surface area contributed by atoms with Crippen LogP contribution in [0, 0.1) is 11.8 Å². The Hall–Kier alpha value is -4.11. The van der Waals surface area contributed by atoms with Crippen molar-refractivity contribution >= 4 is 40.0 Å². The molecule has 3 aromatic rings. The Labute approximate surface area is 259 Å². The summed E-state index contributed by atoms with van der Waals surface area (Å²) >= 11 is 0. The van der Waals surface area contributed by atoms with Gasteiger partial charge in [-0.05, 0) is 49.4 Å². The molecular formula is C35H44N4O5. The average molecular weight is 601 g/mol. The lowest BCUT2D eigenvalue weighted by molar-refractivity contribution is -0.134. The monoisotopic (exact) mass is 600 g/mol. The maximum absolute atomic E-state index is 13.6. The molecule has 4 amide bonds. The van der Waals surface area contributed by atoms with Crippen LogP contribution in [0.2, 0.25) is 0 Å². The first-order valence-electron chi connectivity index (χ1n) is 15.7. The van der Waals surface area contributed by atoms with E-state index in [0.29, 0.717) is 23.5 Å². The van der Waals surface area contributed by atoms with Crippen molar-refractivity contribution in [3.63, 3.8) is 0 Å². The minimum Gasteiger partial charge on any atom is -0.488 e. The summed E-state index contributed by atoms with van der Waals surface area (Å²) in [5, 5.41) is 18.0. The molecule has 9 nitrogen and oxygen atoms in total. The highest BCUT2D eigenvalue weighted by Gasteiger charge is 2.32. The molecule has 2 aliphatic rings. The molecule has 0 aromatic heterocycles. The molecule has 3 N–H and O–H groups in total. The van der Waals surface area contributed by atoms with E-state index in [-0.39, 0.29) is 55.3 Å². The van der Waals surface area contributed by atoms with E-state index in [0.717, 1.165) is 42.1 Å². The molecule has 1 saturated carbocycles. The Bertz CT molecular complexity index is 1480. The number of hydrogen-bond acceptors (Lipinski definition) is 5. The van der Waals surface area contributed by atoms with Crippen LogP contribution in [0.3, 0.4) is 0 Å². The molecule has 234 valence electrons. The zero-order valence-corrected chi connectivity index (χ0v) is 25.9. The second-order valence-corrected chi connectivity index (χ2v) is 12.4. The molecule has 5 rings (SSSR count). The molecule has 3 atom stereocenters. The Morgan fingerprint density at radius 1 is 1.05 bits per heavy atom. The second kappa shape index (κ2) is 14.1. The fraction of sp³-hybridized carbons (Fsp3) is 0.457. The molecule has 0 saturated heterocycles. The summed E-state index contributed by atoms with van der Waals surface area (Å²) in [4.78, 5) is 43.2. The van der Waals surface area contributed by atoms with E-state index in [2.05, 4.69) is 10.6 Å². The number of nitrogens with zero attached hydrogens (tertiary/aromatic N) is 2. The van der Waals surface area contributed by atoms with Gasteiger partial charge >= 0.3 is 6.03 Å². The van der Waals surface area contributed by atoms with Crippen molar-refractivity contribution in [2.24, 2.45) is 11.8 Å². The summed E-state index contributed by atoms with van der Waals surface area (Å²) in [5.74, 6) is 0.292. The van der Waals surface area contributed by atoms with Gasteiger partial charge in [0.2, 0.25) is 11.8 Å². The van der Waals surface area contributed by atoms with Gasteiger partial charge in [0.05, 0.1) is 31.3 Å². The summed E-state index contributed by atoms with van der Waals surface area (Å²) in [7, 11) is 1.73. The minimum atomic E-state index is -0.445. The first-order chi connectivity index (χ1) is 21.2. The molecule has 3 aromatic carbocycles. The fourth-order valence-corrected chi connectivity index (χ4v) is 6.23. The third-order valence-electron chi connectivity index (χ3n) is 8.99. The van der Waals surface area contributed by atoms with Crippen LogP contribution in [0.4, 0.5) is 16.2 Å². The SMILES string of the molecule is C[C@@H]1CN([C@H](C)CO)C(=O)Cc2cc(NC(=O)C3CCCCC3)ccc2O[C@H]1CN(C)C(=O)Nc1cccc2ccccc12. The number of anilines is 2. The fourth-order valence-electron chi connectivity index (χ4n) is 6.23. The Kier molecular flexibility index (Phi) is 10.0. The van der Waals surface area contributed by atoms with Crippen molar-refractivity contribution < 1.29 is 24.2 Å². The maximum atomic E-state index is 13.6. The predicted octanol–water partition coefficient (Wildman–Crippen LogP) is 5.67. The van der Waals surface area contributed by atoms with Crippen molar-refractivity contribution in [1.82, 2.24) is 9.80 Å². The third kappa shape index (κ3) is 7.33. The van der Waals surface area contributed by atoms with Gasteiger partial charge in [0.1, 0.15) is 11.9 Å². The average Bonchev–Trinajstić information content (AvgIpc) is 3.08. The van der Waals surface area contributed by atoms with E-state index < -0.39 is 6.10 Å². The molecule has 0 spiro atoms. The number of urea groups is 1. The molecular weight excluding hydrogens is 556 g/mol. The van der Waals surface area contributed by atoms with Gasteiger partial charge in [0, 0.05) is 42.1 Å². The number of likely N-dealkylation sites (N-methyl/N-ethyl adjacent to an activating group) is 1. The normalized spacial score (nSPS) is 20.0. The Balaban J connectivity index is 1.37. The van der Waals surface area contributed by atoms with E-state index in [9.17, 15) is 19.5 Å². The van der Waals surface area contributed by atoms with Gasteiger partial charge in [-0.1, -0.05) is 62.6 Å². The number of amides is 4. The third-order valence-corrected chi connectivity index (χ3v) is 8.99. The number of nitrogens with one attached hydrogen (secondary N) is 2. The molecule has 0 unspecified atom stereocenters. The maximum Gasteiger partial charge on any atom is 0.321 e. The lowest BCUT2D eigenvalue weighted by Gasteiger charge is -2.34. The minimum absolute atomic E-state index is 0.00789. The van der Waals surface area contributed by atoms with Gasteiger partial charge in [-0.15, -0.1) is 0 Å². The van der Waals surface area contributed by atoms with Crippen molar-refractivity contribution in [2.45, 2.75) is 64.5 Å². The first-order valence-corrected chi connectivity index (χ1v) is 15.7. The second-order valence-electron chi connectivity index (χ2n) is 12.4. The Morgan fingerprint density at radius 2 is 1.80 bits per heavy atom. The van der Waals surface area contributed by atoms with Crippen LogP contribution in [0.25, 0.3) is 10.8 Å². The number of carbonyl (C=O) groups is 3. The van der Waals surface area contributed by atoms with E-state index in [1.54, 1.807) is 22.9 Å². The van der Waals surface area contributed by atoms with Crippen molar-refractivity contribution in [3.05, 3.63) is 66.2 Å². The number of rotatable bonds is 7. The standard InChI is InChI=1S/C35H44N4O5/c1-23-20-39(24(2)22-40)33(41)19-27-18-28(36-34(42)26-11-5-4-6-12-26)16-17-31(27)44-32(23)21-38(3)35(43)37-30-15-9-13-25-10-7-8-14-29(25)30/h7-10,13-18,23-24,26,32,40H,4-6,11-12,19-22H2,1-3H3,(H,36,42)(H,37,43)/t23-,24-,32+/m1/s1. The number of ether oxygens (including phenoxy) is 1. The zero-order chi connectivity index (χ0) is 31.2. The van der Waals surface area contributed by atoms with Crippen molar-refractivity contribution in [1.29, 1.82) is 0 Å². The molecule has 1 fully saturated rings. The van der Waals surface area contributed by atoms with Gasteiger partial charge in [-0.2, -0.15) is 0 Å². The summed E-state index contributed by atoms with van der Waals surface area (Å²) in [6, 6.07) is 18.5. The highest BCUT2D eigenvalue weighted by Crippen LogP contribution is 2.31. The van der Waals surface area contributed by atoms with Gasteiger partial charge < -0.3 is 30.3 Å². The lowest BCUT2D eigenvalue weighted by atomic mass is 9.88. The summed E-state index contributed by atoms with van der Waals surface area (Å²) < 4.78 is 6.58. The van der Waals surface area contributed by atoms with Crippen LogP contribution in [0.1, 0.15) is 51.5 Å².